The van der Waals surface area contributed by atoms with Gasteiger partial charge in [-0.15, -0.1) is 0 Å². The van der Waals surface area contributed by atoms with E-state index < -0.39 is 15.9 Å². The standard InChI is InChI=1S/C11H12Cl2N2O3S/c12-9-2-1-7(5-10(9)13)14-11(16)15-8-3-4-19(17,18)6-8/h1-2,5,8H,3-4,6H2,(H2,14,15,16)/t8-/m1/s1. The molecule has 0 bridgehead atoms. The molecule has 0 saturated carbocycles. The first-order chi connectivity index (χ1) is 8.85. The van der Waals surface area contributed by atoms with Gasteiger partial charge in [0.25, 0.3) is 0 Å². The maximum atomic E-state index is 11.7. The summed E-state index contributed by atoms with van der Waals surface area (Å²) in [6.45, 7) is 0. The fourth-order valence-corrected chi connectivity index (χ4v) is 3.81. The van der Waals surface area contributed by atoms with Crippen molar-refractivity contribution in [3.63, 3.8) is 0 Å². The predicted molar refractivity (Wildman–Crippen MR) is 75.7 cm³/mol. The van der Waals surface area contributed by atoms with Crippen molar-refractivity contribution in [1.82, 2.24) is 5.32 Å². The van der Waals surface area contributed by atoms with Gasteiger partial charge in [-0.3, -0.25) is 0 Å². The van der Waals surface area contributed by atoms with E-state index >= 15 is 0 Å². The number of urea groups is 1. The SMILES string of the molecule is O=C(Nc1ccc(Cl)c(Cl)c1)N[C@@H]1CCS(=O)(=O)C1. The van der Waals surface area contributed by atoms with Crippen LogP contribution in [0.3, 0.4) is 0 Å². The molecule has 2 rings (SSSR count). The number of benzene rings is 1. The number of amides is 2. The molecule has 8 heteroatoms. The van der Waals surface area contributed by atoms with Crippen LogP contribution in [0.2, 0.25) is 10.0 Å². The van der Waals surface area contributed by atoms with Gasteiger partial charge in [-0.25, -0.2) is 13.2 Å². The molecule has 5 nitrogen and oxygen atoms in total. The van der Waals surface area contributed by atoms with Crippen LogP contribution < -0.4 is 10.6 Å². The maximum Gasteiger partial charge on any atom is 0.319 e. The molecule has 1 heterocycles. The van der Waals surface area contributed by atoms with Gasteiger partial charge in [-0.1, -0.05) is 23.2 Å². The summed E-state index contributed by atoms with van der Waals surface area (Å²) in [7, 11) is -3.01. The van der Waals surface area contributed by atoms with Gasteiger partial charge in [-0.2, -0.15) is 0 Å². The van der Waals surface area contributed by atoms with E-state index in [0.29, 0.717) is 22.2 Å². The molecular weight excluding hydrogens is 311 g/mol. The van der Waals surface area contributed by atoms with Crippen LogP contribution in [0.5, 0.6) is 0 Å². The van der Waals surface area contributed by atoms with Crippen molar-refractivity contribution in [2.45, 2.75) is 12.5 Å². The molecule has 0 unspecified atom stereocenters. The lowest BCUT2D eigenvalue weighted by atomic mass is 10.3. The second kappa shape index (κ2) is 5.56. The number of halogens is 2. The monoisotopic (exact) mass is 322 g/mol. The number of carbonyl (C=O) groups excluding carboxylic acids is 1. The third-order valence-electron chi connectivity index (χ3n) is 2.75. The molecule has 2 amide bonds. The van der Waals surface area contributed by atoms with Crippen LogP contribution in [0, 0.1) is 0 Å². The molecule has 0 aromatic heterocycles. The number of carbonyl (C=O) groups is 1. The molecular formula is C11H12Cl2N2O3S. The molecule has 1 aromatic rings. The quantitative estimate of drug-likeness (QED) is 0.877. The highest BCUT2D eigenvalue weighted by Crippen LogP contribution is 2.25. The van der Waals surface area contributed by atoms with Crippen molar-refractivity contribution in [1.29, 1.82) is 0 Å². The van der Waals surface area contributed by atoms with E-state index in [1.807, 2.05) is 0 Å². The van der Waals surface area contributed by atoms with Gasteiger partial charge in [0.2, 0.25) is 0 Å². The van der Waals surface area contributed by atoms with Crippen LogP contribution in [-0.4, -0.2) is 32.0 Å². The lowest BCUT2D eigenvalue weighted by Gasteiger charge is -2.12. The summed E-state index contributed by atoms with van der Waals surface area (Å²) in [4.78, 5) is 11.7. The minimum Gasteiger partial charge on any atom is -0.334 e. The molecule has 104 valence electrons. The van der Waals surface area contributed by atoms with E-state index in [-0.39, 0.29) is 17.5 Å². The summed E-state index contributed by atoms with van der Waals surface area (Å²) >= 11 is 11.6. The van der Waals surface area contributed by atoms with Crippen LogP contribution in [0.1, 0.15) is 6.42 Å². The molecule has 2 N–H and O–H groups in total. The Morgan fingerprint density at radius 1 is 1.26 bits per heavy atom. The highest BCUT2D eigenvalue weighted by Gasteiger charge is 2.28. The Labute approximate surface area is 121 Å². The van der Waals surface area contributed by atoms with E-state index in [1.54, 1.807) is 12.1 Å². The minimum atomic E-state index is -3.01. The van der Waals surface area contributed by atoms with Crippen LogP contribution >= 0.6 is 23.2 Å². The predicted octanol–water partition coefficient (Wildman–Crippen LogP) is 2.30. The molecule has 1 aliphatic heterocycles. The molecule has 0 radical (unpaired) electrons. The van der Waals surface area contributed by atoms with E-state index in [4.69, 9.17) is 23.2 Å². The van der Waals surface area contributed by atoms with Crippen molar-refractivity contribution in [3.05, 3.63) is 28.2 Å². The number of hydrogen-bond donors (Lipinski definition) is 2. The second-order valence-corrected chi connectivity index (χ2v) is 7.37. The van der Waals surface area contributed by atoms with Gasteiger partial charge in [0.05, 0.1) is 21.6 Å². The van der Waals surface area contributed by atoms with Crippen LogP contribution in [0.4, 0.5) is 10.5 Å². The number of anilines is 1. The van der Waals surface area contributed by atoms with Crippen molar-refractivity contribution < 1.29 is 13.2 Å². The van der Waals surface area contributed by atoms with Gasteiger partial charge in [0.15, 0.2) is 9.84 Å². The van der Waals surface area contributed by atoms with Crippen molar-refractivity contribution in [3.8, 4) is 0 Å². The Kier molecular flexibility index (Phi) is 4.23. The van der Waals surface area contributed by atoms with Crippen LogP contribution in [0.25, 0.3) is 0 Å². The van der Waals surface area contributed by atoms with Crippen LogP contribution in [-0.2, 0) is 9.84 Å². The van der Waals surface area contributed by atoms with Gasteiger partial charge >= 0.3 is 6.03 Å². The summed E-state index contributed by atoms with van der Waals surface area (Å²) in [6.07, 6.45) is 0.442. The summed E-state index contributed by atoms with van der Waals surface area (Å²) in [5.74, 6) is 0.104. The summed E-state index contributed by atoms with van der Waals surface area (Å²) in [5.41, 5.74) is 0.493. The topological polar surface area (TPSA) is 75.3 Å². The zero-order valence-electron chi connectivity index (χ0n) is 9.82. The van der Waals surface area contributed by atoms with Crippen molar-refractivity contribution in [2.75, 3.05) is 16.8 Å². The molecule has 1 aliphatic rings. The normalized spacial score (nSPS) is 21.1. The maximum absolute atomic E-state index is 11.7. The highest BCUT2D eigenvalue weighted by molar-refractivity contribution is 7.91. The zero-order valence-corrected chi connectivity index (χ0v) is 12.1. The highest BCUT2D eigenvalue weighted by atomic mass is 35.5. The first kappa shape index (κ1) is 14.4. The van der Waals surface area contributed by atoms with E-state index in [0.717, 1.165) is 0 Å². The molecule has 1 atom stereocenters. The number of hydrogen-bond acceptors (Lipinski definition) is 3. The van der Waals surface area contributed by atoms with Crippen LogP contribution in [0.15, 0.2) is 18.2 Å². The first-order valence-electron chi connectivity index (χ1n) is 5.59. The fourth-order valence-electron chi connectivity index (χ4n) is 1.84. The molecule has 0 spiro atoms. The van der Waals surface area contributed by atoms with E-state index in [2.05, 4.69) is 10.6 Å². The van der Waals surface area contributed by atoms with E-state index in [1.165, 1.54) is 6.07 Å². The Morgan fingerprint density at radius 2 is 2.00 bits per heavy atom. The Balaban J connectivity index is 1.93. The zero-order chi connectivity index (χ0) is 14.0. The number of nitrogens with one attached hydrogen (secondary N) is 2. The average Bonchev–Trinajstić information content (AvgIpc) is 2.63. The smallest absolute Gasteiger partial charge is 0.319 e. The van der Waals surface area contributed by atoms with Gasteiger partial charge in [0, 0.05) is 11.7 Å². The average molecular weight is 323 g/mol. The van der Waals surface area contributed by atoms with Gasteiger partial charge in [-0.05, 0) is 24.6 Å². The lowest BCUT2D eigenvalue weighted by molar-refractivity contribution is 0.249. The Morgan fingerprint density at radius 3 is 2.58 bits per heavy atom. The minimum absolute atomic E-state index is 0.0121. The number of rotatable bonds is 2. The summed E-state index contributed by atoms with van der Waals surface area (Å²) < 4.78 is 22.5. The van der Waals surface area contributed by atoms with Crippen molar-refractivity contribution >= 4 is 44.8 Å². The van der Waals surface area contributed by atoms with E-state index in [9.17, 15) is 13.2 Å². The van der Waals surface area contributed by atoms with Gasteiger partial charge < -0.3 is 10.6 Å². The third kappa shape index (κ3) is 3.99. The molecule has 1 saturated heterocycles. The summed E-state index contributed by atoms with van der Waals surface area (Å²) in [5, 5.41) is 5.92. The third-order valence-corrected chi connectivity index (χ3v) is 5.25. The van der Waals surface area contributed by atoms with Gasteiger partial charge in [0.1, 0.15) is 0 Å². The molecule has 19 heavy (non-hydrogen) atoms. The van der Waals surface area contributed by atoms with Crippen molar-refractivity contribution in [2.24, 2.45) is 0 Å². The Hall–Kier alpha value is -0.980. The lowest BCUT2D eigenvalue weighted by Crippen LogP contribution is -2.38. The Bertz CT molecular complexity index is 604. The number of sulfone groups is 1. The fraction of sp³-hybridized carbons (Fsp3) is 0.364. The molecule has 0 aliphatic carbocycles. The summed E-state index contributed by atoms with van der Waals surface area (Å²) in [6, 6.07) is 3.90. The largest absolute Gasteiger partial charge is 0.334 e. The first-order valence-corrected chi connectivity index (χ1v) is 8.16. The molecule has 1 aromatic carbocycles. The molecule has 1 fully saturated rings. The second-order valence-electron chi connectivity index (χ2n) is 4.33.